The molecule has 1 aliphatic rings. The average molecular weight is 568 g/mol. The van der Waals surface area contributed by atoms with Crippen LogP contribution in [0.15, 0.2) is 103 Å². The lowest BCUT2D eigenvalue weighted by molar-refractivity contribution is -0.116. The first-order valence-corrected chi connectivity index (χ1v) is 14.4. The summed E-state index contributed by atoms with van der Waals surface area (Å²) < 4.78 is 5.62. The van der Waals surface area contributed by atoms with Gasteiger partial charge in [-0.15, -0.1) is 0 Å². The minimum absolute atomic E-state index is 0.0160. The second-order valence-corrected chi connectivity index (χ2v) is 10.5. The van der Waals surface area contributed by atoms with Crippen molar-refractivity contribution < 1.29 is 14.3 Å². The molecule has 6 nitrogen and oxygen atoms in total. The molecule has 0 unspecified atom stereocenters. The molecule has 0 aliphatic carbocycles. The molecule has 1 saturated heterocycles. The molecule has 1 heterocycles. The Kier molecular flexibility index (Phi) is 9.22. The Bertz CT molecular complexity index is 1410. The third-order valence-corrected chi connectivity index (χ3v) is 7.53. The quantitative estimate of drug-likeness (QED) is 0.240. The van der Waals surface area contributed by atoms with E-state index in [-0.39, 0.29) is 11.8 Å². The third-order valence-electron chi connectivity index (χ3n) is 7.22. The molecule has 210 valence electrons. The summed E-state index contributed by atoms with van der Waals surface area (Å²) in [6.45, 7) is 5.24. The number of nitrogens with zero attached hydrogens (tertiary/aromatic N) is 2. The molecule has 1 fully saturated rings. The van der Waals surface area contributed by atoms with Gasteiger partial charge < -0.3 is 19.9 Å². The lowest BCUT2D eigenvalue weighted by Gasteiger charge is -2.36. The van der Waals surface area contributed by atoms with Crippen molar-refractivity contribution in [1.29, 1.82) is 0 Å². The van der Waals surface area contributed by atoms with Crippen LogP contribution in [0.25, 0.3) is 0 Å². The normalized spacial score (nSPS) is 13.2. The van der Waals surface area contributed by atoms with Crippen molar-refractivity contribution in [3.63, 3.8) is 0 Å². The van der Waals surface area contributed by atoms with Gasteiger partial charge in [-0.25, -0.2) is 0 Å². The summed E-state index contributed by atoms with van der Waals surface area (Å²) >= 11 is 6.72. The first-order valence-electron chi connectivity index (χ1n) is 14.0. The van der Waals surface area contributed by atoms with Crippen molar-refractivity contribution in [3.05, 3.63) is 125 Å². The van der Waals surface area contributed by atoms with Gasteiger partial charge in [-0.05, 0) is 60.0 Å². The van der Waals surface area contributed by atoms with Gasteiger partial charge in [0.15, 0.2) is 0 Å². The number of piperazine rings is 1. The number of amides is 2. The minimum atomic E-state index is -0.443. The van der Waals surface area contributed by atoms with Gasteiger partial charge in [0.1, 0.15) is 5.75 Å². The first kappa shape index (κ1) is 28.2. The second kappa shape index (κ2) is 13.4. The summed E-state index contributed by atoms with van der Waals surface area (Å²) in [6, 6.07) is 32.5. The largest absolute Gasteiger partial charge is 0.494 e. The van der Waals surface area contributed by atoms with Crippen LogP contribution in [-0.4, -0.2) is 49.5 Å². The summed E-state index contributed by atoms with van der Waals surface area (Å²) in [5, 5.41) is 3.62. The van der Waals surface area contributed by atoms with E-state index >= 15 is 0 Å². The molecule has 2 amide bonds. The third kappa shape index (κ3) is 6.90. The van der Waals surface area contributed by atoms with Crippen LogP contribution in [0, 0.1) is 0 Å². The van der Waals surface area contributed by atoms with Gasteiger partial charge in [0.25, 0.3) is 5.91 Å². The zero-order valence-corrected chi connectivity index (χ0v) is 23.9. The van der Waals surface area contributed by atoms with Crippen LogP contribution in [0.5, 0.6) is 5.75 Å². The Morgan fingerprint density at radius 2 is 1.44 bits per heavy atom. The van der Waals surface area contributed by atoms with Crippen molar-refractivity contribution in [2.24, 2.45) is 0 Å². The molecule has 0 bridgehead atoms. The van der Waals surface area contributed by atoms with Crippen molar-refractivity contribution in [2.45, 2.75) is 19.3 Å². The molecule has 5 rings (SSSR count). The van der Waals surface area contributed by atoms with Crippen LogP contribution in [0.3, 0.4) is 0 Å². The van der Waals surface area contributed by atoms with Gasteiger partial charge >= 0.3 is 0 Å². The van der Waals surface area contributed by atoms with E-state index in [0.717, 1.165) is 29.0 Å². The van der Waals surface area contributed by atoms with Gasteiger partial charge in [-0.3, -0.25) is 9.59 Å². The highest BCUT2D eigenvalue weighted by Crippen LogP contribution is 2.32. The van der Waals surface area contributed by atoms with Crippen LogP contribution in [0.1, 0.15) is 40.7 Å². The Morgan fingerprint density at radius 1 is 0.829 bits per heavy atom. The van der Waals surface area contributed by atoms with Gasteiger partial charge in [-0.2, -0.15) is 0 Å². The van der Waals surface area contributed by atoms with Crippen LogP contribution >= 0.6 is 11.6 Å². The summed E-state index contributed by atoms with van der Waals surface area (Å²) in [5.41, 5.74) is 4.03. The van der Waals surface area contributed by atoms with Gasteiger partial charge in [0.2, 0.25) is 5.91 Å². The standard InChI is InChI=1S/C34H34ClN3O3/c1-2-23-41-29-16-13-27(14-17-29)34(40)38-21-19-37(20-22-38)31-18-15-28(24-30(31)35)36-33(39)32(25-9-5-3-6-10-25)26-11-7-4-8-12-26/h3-18,24,32H,2,19-23H2,1H3,(H,36,39). The van der Waals surface area contributed by atoms with Crippen molar-refractivity contribution in [3.8, 4) is 5.75 Å². The average Bonchev–Trinajstić information content (AvgIpc) is 3.01. The maximum atomic E-state index is 13.5. The summed E-state index contributed by atoms with van der Waals surface area (Å²) in [6.07, 6.45) is 0.940. The van der Waals surface area contributed by atoms with Gasteiger partial charge in [0.05, 0.1) is 23.2 Å². The number of hydrogen-bond acceptors (Lipinski definition) is 4. The molecular weight excluding hydrogens is 534 g/mol. The van der Waals surface area contributed by atoms with E-state index in [2.05, 4.69) is 17.1 Å². The van der Waals surface area contributed by atoms with E-state index in [1.54, 1.807) is 6.07 Å². The Morgan fingerprint density at radius 3 is 2.00 bits per heavy atom. The minimum Gasteiger partial charge on any atom is -0.494 e. The predicted molar refractivity (Wildman–Crippen MR) is 165 cm³/mol. The molecular formula is C34H34ClN3O3. The van der Waals surface area contributed by atoms with Crippen LogP contribution in [-0.2, 0) is 4.79 Å². The monoisotopic (exact) mass is 567 g/mol. The number of carbonyl (C=O) groups is 2. The molecule has 4 aromatic carbocycles. The lowest BCUT2D eigenvalue weighted by Crippen LogP contribution is -2.48. The zero-order valence-electron chi connectivity index (χ0n) is 23.1. The predicted octanol–water partition coefficient (Wildman–Crippen LogP) is 6.86. The van der Waals surface area contributed by atoms with Crippen LogP contribution < -0.4 is 15.0 Å². The number of ether oxygens (including phenoxy) is 1. The summed E-state index contributed by atoms with van der Waals surface area (Å²) in [5.74, 6) is 0.227. The van der Waals surface area contributed by atoms with E-state index < -0.39 is 5.92 Å². The molecule has 7 heteroatoms. The fourth-order valence-corrected chi connectivity index (χ4v) is 5.39. The lowest BCUT2D eigenvalue weighted by atomic mass is 9.90. The number of rotatable bonds is 9. The maximum Gasteiger partial charge on any atom is 0.253 e. The first-order chi connectivity index (χ1) is 20.0. The smallest absolute Gasteiger partial charge is 0.253 e. The van der Waals surface area contributed by atoms with Crippen LogP contribution in [0.2, 0.25) is 5.02 Å². The number of hydrogen-bond donors (Lipinski definition) is 1. The molecule has 4 aromatic rings. The fourth-order valence-electron chi connectivity index (χ4n) is 5.09. The maximum absolute atomic E-state index is 13.5. The molecule has 1 aliphatic heterocycles. The summed E-state index contributed by atoms with van der Waals surface area (Å²) in [4.78, 5) is 30.6. The van der Waals surface area contributed by atoms with E-state index in [1.807, 2.05) is 102 Å². The Hall–Kier alpha value is -4.29. The fraction of sp³-hybridized carbons (Fsp3) is 0.235. The highest BCUT2D eigenvalue weighted by atomic mass is 35.5. The Balaban J connectivity index is 1.21. The number of anilines is 2. The van der Waals surface area contributed by atoms with Crippen molar-refractivity contribution in [1.82, 2.24) is 4.90 Å². The molecule has 0 aromatic heterocycles. The van der Waals surface area contributed by atoms with Crippen molar-refractivity contribution >= 4 is 34.8 Å². The Labute approximate surface area is 246 Å². The molecule has 0 radical (unpaired) electrons. The second-order valence-electron chi connectivity index (χ2n) is 10.1. The SMILES string of the molecule is CCCOc1ccc(C(=O)N2CCN(c3ccc(NC(=O)C(c4ccccc4)c4ccccc4)cc3Cl)CC2)cc1. The van der Waals surface area contributed by atoms with E-state index in [4.69, 9.17) is 16.3 Å². The van der Waals surface area contributed by atoms with E-state index in [1.165, 1.54) is 0 Å². The van der Waals surface area contributed by atoms with Gasteiger partial charge in [-0.1, -0.05) is 79.2 Å². The highest BCUT2D eigenvalue weighted by Gasteiger charge is 2.25. The molecule has 0 spiro atoms. The van der Waals surface area contributed by atoms with Gasteiger partial charge in [0, 0.05) is 37.4 Å². The number of nitrogens with one attached hydrogen (secondary N) is 1. The van der Waals surface area contributed by atoms with Crippen molar-refractivity contribution in [2.75, 3.05) is 43.0 Å². The topological polar surface area (TPSA) is 61.9 Å². The highest BCUT2D eigenvalue weighted by molar-refractivity contribution is 6.33. The molecule has 0 atom stereocenters. The van der Waals surface area contributed by atoms with E-state index in [0.29, 0.717) is 49.1 Å². The van der Waals surface area contributed by atoms with Crippen LogP contribution in [0.4, 0.5) is 11.4 Å². The number of carbonyl (C=O) groups excluding carboxylic acids is 2. The number of benzene rings is 4. The number of halogens is 1. The molecule has 1 N–H and O–H groups in total. The zero-order chi connectivity index (χ0) is 28.6. The summed E-state index contributed by atoms with van der Waals surface area (Å²) in [7, 11) is 0. The molecule has 0 saturated carbocycles. The van der Waals surface area contributed by atoms with E-state index in [9.17, 15) is 9.59 Å². The molecule has 41 heavy (non-hydrogen) atoms.